The third-order valence-corrected chi connectivity index (χ3v) is 8.98. The molecule has 1 unspecified atom stereocenters. The fourth-order valence-corrected chi connectivity index (χ4v) is 5.85. The van der Waals surface area contributed by atoms with Crippen molar-refractivity contribution in [1.82, 2.24) is 0 Å². The summed E-state index contributed by atoms with van der Waals surface area (Å²) >= 11 is 0. The van der Waals surface area contributed by atoms with Crippen molar-refractivity contribution >= 4 is 17.9 Å². The number of nitrogens with two attached hydrogens (primary N) is 1. The maximum atomic E-state index is 12.5. The molecule has 0 amide bonds. The molecule has 278 valence electrons. The number of carbonyl (C=O) groups is 3. The highest BCUT2D eigenvalue weighted by Crippen LogP contribution is 2.15. The van der Waals surface area contributed by atoms with Crippen molar-refractivity contribution in [3.05, 3.63) is 0 Å². The van der Waals surface area contributed by atoms with E-state index in [-0.39, 0.29) is 25.2 Å². The molecule has 0 saturated heterocycles. The van der Waals surface area contributed by atoms with E-state index in [1.54, 1.807) is 0 Å². The van der Waals surface area contributed by atoms with Crippen molar-refractivity contribution in [3.63, 3.8) is 0 Å². The summed E-state index contributed by atoms with van der Waals surface area (Å²) in [5, 5.41) is 0. The predicted molar refractivity (Wildman–Crippen MR) is 195 cm³/mol. The Morgan fingerprint density at radius 1 is 0.447 bits per heavy atom. The van der Waals surface area contributed by atoms with Crippen LogP contribution in [0.4, 0.5) is 0 Å². The summed E-state index contributed by atoms with van der Waals surface area (Å²) in [6.45, 7) is 5.77. The van der Waals surface area contributed by atoms with Gasteiger partial charge in [-0.2, -0.15) is 0 Å². The largest absolute Gasteiger partial charge is 0.462 e. The van der Waals surface area contributed by atoms with Crippen LogP contribution in [0.3, 0.4) is 0 Å². The molecule has 0 spiro atoms. The average Bonchev–Trinajstić information content (AvgIpc) is 3.06. The second kappa shape index (κ2) is 35.7. The Hall–Kier alpha value is -1.63. The Labute approximate surface area is 290 Å². The van der Waals surface area contributed by atoms with Gasteiger partial charge in [0.25, 0.3) is 0 Å². The van der Waals surface area contributed by atoms with Crippen molar-refractivity contribution < 1.29 is 28.6 Å². The lowest BCUT2D eigenvalue weighted by molar-refractivity contribution is -0.167. The Morgan fingerprint density at radius 2 is 0.745 bits per heavy atom. The summed E-state index contributed by atoms with van der Waals surface area (Å²) in [4.78, 5) is 36.7. The molecule has 0 aliphatic heterocycles. The van der Waals surface area contributed by atoms with E-state index >= 15 is 0 Å². The Kier molecular flexibility index (Phi) is 34.4. The van der Waals surface area contributed by atoms with Crippen LogP contribution in [-0.2, 0) is 28.6 Å². The van der Waals surface area contributed by atoms with Crippen LogP contribution < -0.4 is 5.73 Å². The predicted octanol–water partition coefficient (Wildman–Crippen LogP) is 11.1. The quantitative estimate of drug-likeness (QED) is 0.0402. The fraction of sp³-hybridized carbons (Fsp3) is 0.925. The molecule has 0 aliphatic rings. The zero-order valence-electron chi connectivity index (χ0n) is 31.3. The number of unbranched alkanes of at least 4 members (excludes halogenated alkanes) is 26. The highest BCUT2D eigenvalue weighted by atomic mass is 16.6. The third kappa shape index (κ3) is 34.0. The van der Waals surface area contributed by atoms with Crippen LogP contribution in [0.15, 0.2) is 0 Å². The molecule has 0 aromatic heterocycles. The molecule has 0 aliphatic carbocycles. The molecule has 0 saturated carbocycles. The van der Waals surface area contributed by atoms with Gasteiger partial charge in [-0.15, -0.1) is 0 Å². The van der Waals surface area contributed by atoms with E-state index in [4.69, 9.17) is 19.9 Å². The van der Waals surface area contributed by atoms with Gasteiger partial charge in [-0.1, -0.05) is 181 Å². The first-order chi connectivity index (χ1) is 22.9. The number of hydrogen-bond donors (Lipinski definition) is 1. The lowest BCUT2D eigenvalue weighted by atomic mass is 10.0. The van der Waals surface area contributed by atoms with Gasteiger partial charge in [0.1, 0.15) is 19.3 Å². The first-order valence-corrected chi connectivity index (χ1v) is 20.2. The normalized spacial score (nSPS) is 12.5. The molecular weight excluding hydrogens is 590 g/mol. The average molecular weight is 668 g/mol. The second-order valence-corrected chi connectivity index (χ2v) is 13.9. The number of carbonyl (C=O) groups excluding carboxylic acids is 3. The van der Waals surface area contributed by atoms with Crippen LogP contribution in [0.5, 0.6) is 0 Å². The van der Waals surface area contributed by atoms with E-state index in [0.29, 0.717) is 12.8 Å². The van der Waals surface area contributed by atoms with Crippen LogP contribution in [0.2, 0.25) is 0 Å². The monoisotopic (exact) mass is 668 g/mol. The molecule has 47 heavy (non-hydrogen) atoms. The lowest BCUT2D eigenvalue weighted by Gasteiger charge is -2.19. The molecule has 0 radical (unpaired) electrons. The van der Waals surface area contributed by atoms with Gasteiger partial charge in [0.15, 0.2) is 6.10 Å². The van der Waals surface area contributed by atoms with Gasteiger partial charge < -0.3 is 19.9 Å². The van der Waals surface area contributed by atoms with Crippen LogP contribution >= 0.6 is 0 Å². The smallest absolute Gasteiger partial charge is 0.322 e. The first-order valence-electron chi connectivity index (χ1n) is 20.2. The summed E-state index contributed by atoms with van der Waals surface area (Å²) < 4.78 is 16.1. The van der Waals surface area contributed by atoms with E-state index in [1.807, 2.05) is 0 Å². The summed E-state index contributed by atoms with van der Waals surface area (Å²) in [5.41, 5.74) is 5.59. The van der Waals surface area contributed by atoms with E-state index in [0.717, 1.165) is 38.5 Å². The van der Waals surface area contributed by atoms with E-state index < -0.39 is 18.1 Å². The van der Waals surface area contributed by atoms with Gasteiger partial charge in [-0.3, -0.25) is 14.4 Å². The molecule has 7 heteroatoms. The first kappa shape index (κ1) is 45.4. The molecule has 2 atom stereocenters. The Bertz CT molecular complexity index is 713. The number of esters is 3. The van der Waals surface area contributed by atoms with Crippen molar-refractivity contribution in [1.29, 1.82) is 0 Å². The van der Waals surface area contributed by atoms with E-state index in [2.05, 4.69) is 13.8 Å². The summed E-state index contributed by atoms with van der Waals surface area (Å²) in [6, 6.07) is -0.773. The summed E-state index contributed by atoms with van der Waals surface area (Å²) in [5.74, 6) is -1.24. The number of ether oxygens (including phenoxy) is 3. The van der Waals surface area contributed by atoms with E-state index in [1.165, 1.54) is 148 Å². The zero-order chi connectivity index (χ0) is 34.6. The molecule has 0 bridgehead atoms. The van der Waals surface area contributed by atoms with Crippen LogP contribution in [0.25, 0.3) is 0 Å². The maximum Gasteiger partial charge on any atom is 0.322 e. The highest BCUT2D eigenvalue weighted by molar-refractivity contribution is 5.75. The minimum atomic E-state index is -0.822. The number of hydrogen-bond acceptors (Lipinski definition) is 7. The highest BCUT2D eigenvalue weighted by Gasteiger charge is 2.20. The van der Waals surface area contributed by atoms with E-state index in [9.17, 15) is 14.4 Å². The second-order valence-electron chi connectivity index (χ2n) is 13.9. The SMILES string of the molecule is CCCCCCCCCCCCCCCCC(=O)OCC(COC(=O)[C@H](C)N)OC(=O)CCCCCCCCCCCCCCCC. The molecule has 2 N–H and O–H groups in total. The molecule has 0 heterocycles. The van der Waals surface area contributed by atoms with Crippen molar-refractivity contribution in [2.45, 2.75) is 226 Å². The minimum absolute atomic E-state index is 0.117. The fourth-order valence-electron chi connectivity index (χ4n) is 5.85. The van der Waals surface area contributed by atoms with Gasteiger partial charge in [0, 0.05) is 12.8 Å². The van der Waals surface area contributed by atoms with Crippen LogP contribution in [0, 0.1) is 0 Å². The van der Waals surface area contributed by atoms with Crippen molar-refractivity contribution in [2.24, 2.45) is 5.73 Å². The maximum absolute atomic E-state index is 12.5. The van der Waals surface area contributed by atoms with Gasteiger partial charge in [-0.25, -0.2) is 0 Å². The molecule has 0 rings (SSSR count). The van der Waals surface area contributed by atoms with Crippen molar-refractivity contribution in [2.75, 3.05) is 13.2 Å². The summed E-state index contributed by atoms with van der Waals surface area (Å²) in [7, 11) is 0. The molecule has 0 fully saturated rings. The third-order valence-electron chi connectivity index (χ3n) is 8.98. The van der Waals surface area contributed by atoms with Gasteiger partial charge in [0.05, 0.1) is 0 Å². The van der Waals surface area contributed by atoms with Crippen LogP contribution in [-0.4, -0.2) is 43.3 Å². The lowest BCUT2D eigenvalue weighted by Crippen LogP contribution is -2.35. The molecular formula is C40H77NO6. The van der Waals surface area contributed by atoms with Gasteiger partial charge >= 0.3 is 17.9 Å². The Balaban J connectivity index is 3.98. The standard InChI is InChI=1S/C40H77NO6/c1-4-6-8-10-12-14-16-18-20-22-24-26-28-30-32-38(42)45-34-37(35-46-40(44)36(3)41)47-39(43)33-31-29-27-25-23-21-19-17-15-13-11-9-7-5-2/h36-37H,4-35,41H2,1-3H3/t36-,37?/m0/s1. The topological polar surface area (TPSA) is 105 Å². The minimum Gasteiger partial charge on any atom is -0.462 e. The van der Waals surface area contributed by atoms with Gasteiger partial charge in [-0.05, 0) is 19.8 Å². The van der Waals surface area contributed by atoms with Gasteiger partial charge in [0.2, 0.25) is 0 Å². The summed E-state index contributed by atoms with van der Waals surface area (Å²) in [6.07, 6.45) is 35.0. The zero-order valence-corrected chi connectivity index (χ0v) is 31.3. The number of rotatable bonds is 36. The van der Waals surface area contributed by atoms with Crippen molar-refractivity contribution in [3.8, 4) is 0 Å². The molecule has 7 nitrogen and oxygen atoms in total. The molecule has 0 aromatic carbocycles. The Morgan fingerprint density at radius 3 is 1.09 bits per heavy atom. The molecule has 0 aromatic rings. The van der Waals surface area contributed by atoms with Crippen LogP contribution in [0.1, 0.15) is 213 Å².